The maximum absolute atomic E-state index is 11.9. The number of carbonyl (C=O) groups is 1. The molecule has 0 aromatic carbocycles. The molecule has 16 heavy (non-hydrogen) atoms. The fourth-order valence-electron chi connectivity index (χ4n) is 1.17. The van der Waals surface area contributed by atoms with E-state index in [1.54, 1.807) is 0 Å². The molecule has 0 aliphatic carbocycles. The number of aliphatic hydroxyl groups excluding tert-OH is 1. The summed E-state index contributed by atoms with van der Waals surface area (Å²) < 4.78 is 40.7. The number of halogens is 3. The molecule has 3 N–H and O–H groups in total. The Balaban J connectivity index is 2.29. The van der Waals surface area contributed by atoms with E-state index in [-0.39, 0.29) is 6.61 Å². The van der Waals surface area contributed by atoms with Gasteiger partial charge in [-0.3, -0.25) is 4.79 Å². The normalized spacial score (nSPS) is 23.9. The van der Waals surface area contributed by atoms with E-state index in [2.05, 4.69) is 5.32 Å². The molecule has 5 nitrogen and oxygen atoms in total. The zero-order valence-corrected chi connectivity index (χ0v) is 8.38. The Labute approximate surface area is 90.0 Å². The van der Waals surface area contributed by atoms with Crippen molar-refractivity contribution in [1.82, 2.24) is 10.6 Å². The number of nitrogens with one attached hydrogen (secondary N) is 2. The van der Waals surface area contributed by atoms with E-state index in [0.29, 0.717) is 13.2 Å². The lowest BCUT2D eigenvalue weighted by atomic mass is 10.2. The minimum Gasteiger partial charge on any atom is -0.382 e. The van der Waals surface area contributed by atoms with E-state index in [9.17, 15) is 18.0 Å². The molecule has 1 amide bonds. The summed E-state index contributed by atoms with van der Waals surface area (Å²) in [5, 5.41) is 13.4. The first-order chi connectivity index (χ1) is 7.41. The Morgan fingerprint density at radius 1 is 1.62 bits per heavy atom. The van der Waals surface area contributed by atoms with E-state index in [0.717, 1.165) is 0 Å². The van der Waals surface area contributed by atoms with Crippen molar-refractivity contribution in [3.8, 4) is 0 Å². The largest absolute Gasteiger partial charge is 0.416 e. The van der Waals surface area contributed by atoms with Gasteiger partial charge in [0.05, 0.1) is 19.8 Å². The van der Waals surface area contributed by atoms with Crippen LogP contribution in [-0.4, -0.2) is 55.6 Å². The lowest BCUT2D eigenvalue weighted by Crippen LogP contribution is -2.53. The summed E-state index contributed by atoms with van der Waals surface area (Å²) in [4.78, 5) is 11.3. The third-order valence-electron chi connectivity index (χ3n) is 2.09. The lowest BCUT2D eigenvalue weighted by Gasteiger charge is -2.23. The van der Waals surface area contributed by atoms with Gasteiger partial charge >= 0.3 is 6.18 Å². The van der Waals surface area contributed by atoms with Crippen molar-refractivity contribution in [2.45, 2.75) is 18.3 Å². The zero-order valence-electron chi connectivity index (χ0n) is 8.38. The molecule has 2 atom stereocenters. The molecule has 1 aliphatic heterocycles. The second-order valence-electron chi connectivity index (χ2n) is 3.38. The first-order valence-corrected chi connectivity index (χ1v) is 4.75. The first kappa shape index (κ1) is 13.2. The molecule has 1 rings (SSSR count). The molecule has 0 radical (unpaired) electrons. The highest BCUT2D eigenvalue weighted by molar-refractivity contribution is 5.82. The van der Waals surface area contributed by atoms with E-state index in [4.69, 9.17) is 9.84 Å². The summed E-state index contributed by atoms with van der Waals surface area (Å²) in [6, 6.07) is -0.658. The predicted octanol–water partition coefficient (Wildman–Crippen LogP) is -0.986. The van der Waals surface area contributed by atoms with Crippen molar-refractivity contribution in [3.63, 3.8) is 0 Å². The monoisotopic (exact) mass is 242 g/mol. The molecular formula is C8H13F3N2O3. The van der Waals surface area contributed by atoms with Crippen molar-refractivity contribution in [2.24, 2.45) is 0 Å². The van der Waals surface area contributed by atoms with E-state index >= 15 is 0 Å². The summed E-state index contributed by atoms with van der Waals surface area (Å²) in [6.45, 7) is 0.212. The second kappa shape index (κ2) is 5.46. The van der Waals surface area contributed by atoms with Crippen LogP contribution in [0, 0.1) is 0 Å². The Morgan fingerprint density at radius 3 is 2.81 bits per heavy atom. The van der Waals surface area contributed by atoms with Crippen LogP contribution in [0.3, 0.4) is 0 Å². The van der Waals surface area contributed by atoms with Gasteiger partial charge in [-0.2, -0.15) is 13.2 Å². The fraction of sp³-hybridized carbons (Fsp3) is 0.875. The molecule has 0 bridgehead atoms. The number of aliphatic hydroxyl groups is 1. The van der Waals surface area contributed by atoms with Crippen LogP contribution in [0.1, 0.15) is 0 Å². The van der Waals surface area contributed by atoms with Crippen molar-refractivity contribution < 1.29 is 27.8 Å². The van der Waals surface area contributed by atoms with E-state index < -0.39 is 30.8 Å². The Hall–Kier alpha value is -0.860. The molecule has 1 fully saturated rings. The molecular weight excluding hydrogens is 229 g/mol. The summed E-state index contributed by atoms with van der Waals surface area (Å²) in [7, 11) is 0. The van der Waals surface area contributed by atoms with Crippen LogP contribution in [0.15, 0.2) is 0 Å². The van der Waals surface area contributed by atoms with Gasteiger partial charge < -0.3 is 20.5 Å². The highest BCUT2D eigenvalue weighted by Gasteiger charge is 2.38. The van der Waals surface area contributed by atoms with Crippen molar-refractivity contribution in [2.75, 3.05) is 26.3 Å². The molecule has 2 unspecified atom stereocenters. The van der Waals surface area contributed by atoms with Gasteiger partial charge in [0.15, 0.2) is 6.10 Å². The Bertz CT molecular complexity index is 241. The Kier molecular flexibility index (Phi) is 4.51. The Morgan fingerprint density at radius 2 is 2.31 bits per heavy atom. The minimum atomic E-state index is -4.72. The standard InChI is InChI=1S/C8H13F3N2O3/c9-8(10,11)6(14)3-13-7(15)5-4-16-2-1-12-5/h5-6,12,14H,1-4H2,(H,13,15). The van der Waals surface area contributed by atoms with Gasteiger partial charge in [0.25, 0.3) is 0 Å². The highest BCUT2D eigenvalue weighted by atomic mass is 19.4. The lowest BCUT2D eigenvalue weighted by molar-refractivity contribution is -0.202. The number of hydrogen-bond donors (Lipinski definition) is 3. The number of ether oxygens (including phenoxy) is 1. The predicted molar refractivity (Wildman–Crippen MR) is 47.7 cm³/mol. The molecule has 8 heteroatoms. The van der Waals surface area contributed by atoms with Crippen LogP contribution in [0.25, 0.3) is 0 Å². The quantitative estimate of drug-likeness (QED) is 0.594. The summed E-state index contributed by atoms with van der Waals surface area (Å²) in [5.74, 6) is -0.608. The first-order valence-electron chi connectivity index (χ1n) is 4.75. The van der Waals surface area contributed by atoms with Gasteiger partial charge in [0.1, 0.15) is 6.04 Å². The summed E-state index contributed by atoms with van der Waals surface area (Å²) in [6.07, 6.45) is -7.26. The maximum Gasteiger partial charge on any atom is 0.416 e. The summed E-state index contributed by atoms with van der Waals surface area (Å²) >= 11 is 0. The second-order valence-corrected chi connectivity index (χ2v) is 3.38. The van der Waals surface area contributed by atoms with Crippen molar-refractivity contribution in [1.29, 1.82) is 0 Å². The van der Waals surface area contributed by atoms with Crippen LogP contribution in [0.4, 0.5) is 13.2 Å². The molecule has 0 aromatic rings. The van der Waals surface area contributed by atoms with Crippen LogP contribution in [0.2, 0.25) is 0 Å². The number of morpholine rings is 1. The molecule has 1 saturated heterocycles. The number of alkyl halides is 3. The summed E-state index contributed by atoms with van der Waals surface area (Å²) in [5.41, 5.74) is 0. The third kappa shape index (κ3) is 3.95. The zero-order chi connectivity index (χ0) is 12.2. The SMILES string of the molecule is O=C(NCC(O)C(F)(F)F)C1COCCN1. The maximum atomic E-state index is 11.9. The smallest absolute Gasteiger partial charge is 0.382 e. The van der Waals surface area contributed by atoms with Gasteiger partial charge in [-0.05, 0) is 0 Å². The third-order valence-corrected chi connectivity index (χ3v) is 2.09. The number of hydrogen-bond acceptors (Lipinski definition) is 4. The molecule has 1 heterocycles. The van der Waals surface area contributed by atoms with E-state index in [1.165, 1.54) is 0 Å². The van der Waals surface area contributed by atoms with Gasteiger partial charge in [-0.15, -0.1) is 0 Å². The molecule has 1 aliphatic rings. The van der Waals surface area contributed by atoms with Crippen molar-refractivity contribution in [3.05, 3.63) is 0 Å². The number of amides is 1. The van der Waals surface area contributed by atoms with Crippen LogP contribution >= 0.6 is 0 Å². The average Bonchev–Trinajstić information content (AvgIpc) is 2.25. The average molecular weight is 242 g/mol. The number of carbonyl (C=O) groups excluding carboxylic acids is 1. The van der Waals surface area contributed by atoms with Gasteiger partial charge in [-0.25, -0.2) is 0 Å². The molecule has 0 spiro atoms. The molecule has 94 valence electrons. The van der Waals surface area contributed by atoms with Crippen LogP contribution in [-0.2, 0) is 9.53 Å². The minimum absolute atomic E-state index is 0.119. The van der Waals surface area contributed by atoms with Gasteiger partial charge in [-0.1, -0.05) is 0 Å². The highest BCUT2D eigenvalue weighted by Crippen LogP contribution is 2.19. The van der Waals surface area contributed by atoms with E-state index in [1.807, 2.05) is 5.32 Å². The van der Waals surface area contributed by atoms with Gasteiger partial charge in [0, 0.05) is 6.54 Å². The number of rotatable bonds is 3. The van der Waals surface area contributed by atoms with Crippen LogP contribution < -0.4 is 10.6 Å². The van der Waals surface area contributed by atoms with Crippen molar-refractivity contribution >= 4 is 5.91 Å². The van der Waals surface area contributed by atoms with Gasteiger partial charge in [0.2, 0.25) is 5.91 Å². The topological polar surface area (TPSA) is 70.6 Å². The fourth-order valence-corrected chi connectivity index (χ4v) is 1.17. The van der Waals surface area contributed by atoms with Crippen LogP contribution in [0.5, 0.6) is 0 Å². The molecule has 0 saturated carbocycles. The molecule has 0 aromatic heterocycles.